The molecule has 2 N–H and O–H groups in total. The zero-order valence-electron chi connectivity index (χ0n) is 16.0. The number of nitrogens with zero attached hydrogens (tertiary/aromatic N) is 3. The molecule has 2 aromatic carbocycles. The maximum absolute atomic E-state index is 12.9. The maximum Gasteiger partial charge on any atom is 0.416 e. The first kappa shape index (κ1) is 21.3. The van der Waals surface area contributed by atoms with Crippen molar-refractivity contribution in [3.63, 3.8) is 0 Å². The van der Waals surface area contributed by atoms with Crippen LogP contribution in [0.4, 0.5) is 18.9 Å². The standard InChI is InChI=1S/C20H15ClF3N5OS/c1-29-18(13-9-25-15-5-3-2-4-12(13)15)27-28-19(29)31-10-17(30)26-16-8-11(20(22,23)24)6-7-14(16)21/h2-9,25H,10H2,1H3,(H,26,30). The number of hydrogen-bond donors (Lipinski definition) is 2. The number of carbonyl (C=O) groups is 1. The van der Waals surface area contributed by atoms with E-state index in [9.17, 15) is 18.0 Å². The summed E-state index contributed by atoms with van der Waals surface area (Å²) >= 11 is 7.04. The zero-order chi connectivity index (χ0) is 22.2. The van der Waals surface area contributed by atoms with Crippen LogP contribution in [0.3, 0.4) is 0 Å². The van der Waals surface area contributed by atoms with Crippen molar-refractivity contribution in [2.75, 3.05) is 11.1 Å². The largest absolute Gasteiger partial charge is 0.416 e. The minimum atomic E-state index is -4.53. The molecule has 0 saturated carbocycles. The lowest BCUT2D eigenvalue weighted by Crippen LogP contribution is -2.16. The molecule has 160 valence electrons. The summed E-state index contributed by atoms with van der Waals surface area (Å²) in [5.41, 5.74) is 0.848. The third-order valence-corrected chi connectivity index (χ3v) is 5.92. The number of aromatic amines is 1. The first-order valence-corrected chi connectivity index (χ1v) is 10.4. The van der Waals surface area contributed by atoms with Crippen molar-refractivity contribution in [1.29, 1.82) is 0 Å². The molecule has 1 amide bonds. The number of anilines is 1. The molecule has 2 aromatic heterocycles. The molecule has 0 unspecified atom stereocenters. The number of halogens is 4. The van der Waals surface area contributed by atoms with Gasteiger partial charge in [-0.2, -0.15) is 13.2 Å². The lowest BCUT2D eigenvalue weighted by atomic mass is 10.1. The quantitative estimate of drug-likeness (QED) is 0.389. The van der Waals surface area contributed by atoms with Crippen LogP contribution < -0.4 is 5.32 Å². The summed E-state index contributed by atoms with van der Waals surface area (Å²) in [6.45, 7) is 0. The average molecular weight is 466 g/mol. The molecule has 0 spiro atoms. The molecule has 0 saturated heterocycles. The Hall–Kier alpha value is -2.98. The fourth-order valence-electron chi connectivity index (χ4n) is 3.05. The Bertz CT molecular complexity index is 1270. The van der Waals surface area contributed by atoms with Crippen molar-refractivity contribution in [2.45, 2.75) is 11.3 Å². The van der Waals surface area contributed by atoms with Gasteiger partial charge in [-0.25, -0.2) is 0 Å². The van der Waals surface area contributed by atoms with E-state index < -0.39 is 17.6 Å². The number of thioether (sulfide) groups is 1. The lowest BCUT2D eigenvalue weighted by Gasteiger charge is -2.11. The number of alkyl halides is 3. The molecule has 0 aliphatic heterocycles. The SMILES string of the molecule is Cn1c(SCC(=O)Nc2cc(C(F)(F)F)ccc2Cl)nnc1-c1c[nH]c2ccccc12. The summed E-state index contributed by atoms with van der Waals surface area (Å²) in [7, 11) is 1.78. The minimum absolute atomic E-state index is 0.0200. The summed E-state index contributed by atoms with van der Waals surface area (Å²) in [6, 6.07) is 10.5. The highest BCUT2D eigenvalue weighted by molar-refractivity contribution is 7.99. The van der Waals surface area contributed by atoms with Gasteiger partial charge in [0.2, 0.25) is 5.91 Å². The normalized spacial score (nSPS) is 11.8. The Balaban J connectivity index is 1.46. The second-order valence-electron chi connectivity index (χ2n) is 6.64. The van der Waals surface area contributed by atoms with Crippen molar-refractivity contribution in [3.8, 4) is 11.4 Å². The third-order valence-electron chi connectivity index (χ3n) is 4.57. The van der Waals surface area contributed by atoms with Gasteiger partial charge in [0.1, 0.15) is 0 Å². The van der Waals surface area contributed by atoms with E-state index in [1.54, 1.807) is 11.6 Å². The van der Waals surface area contributed by atoms with Gasteiger partial charge in [0.05, 0.1) is 22.0 Å². The predicted octanol–water partition coefficient (Wildman–Crippen LogP) is 5.37. The number of fused-ring (bicyclic) bond motifs is 1. The average Bonchev–Trinajstić information content (AvgIpc) is 3.30. The molecule has 0 aliphatic carbocycles. The van der Waals surface area contributed by atoms with E-state index in [0.717, 1.165) is 46.4 Å². The number of benzene rings is 2. The number of H-pyrrole nitrogens is 1. The number of hydrogen-bond acceptors (Lipinski definition) is 4. The van der Waals surface area contributed by atoms with Crippen molar-refractivity contribution in [2.24, 2.45) is 7.05 Å². The first-order chi connectivity index (χ1) is 14.7. The van der Waals surface area contributed by atoms with Crippen LogP contribution in [0.15, 0.2) is 53.8 Å². The van der Waals surface area contributed by atoms with E-state index in [-0.39, 0.29) is 16.5 Å². The highest BCUT2D eigenvalue weighted by Gasteiger charge is 2.31. The molecule has 0 fully saturated rings. The second-order valence-corrected chi connectivity index (χ2v) is 7.99. The molecule has 4 rings (SSSR count). The summed E-state index contributed by atoms with van der Waals surface area (Å²) in [5, 5.41) is 12.3. The van der Waals surface area contributed by atoms with Crippen LogP contribution in [-0.2, 0) is 18.0 Å². The number of amides is 1. The summed E-state index contributed by atoms with van der Waals surface area (Å²) in [4.78, 5) is 15.5. The minimum Gasteiger partial charge on any atom is -0.360 e. The van der Waals surface area contributed by atoms with Gasteiger partial charge in [-0.3, -0.25) is 4.79 Å². The number of nitrogens with one attached hydrogen (secondary N) is 2. The van der Waals surface area contributed by atoms with Gasteiger partial charge in [-0.1, -0.05) is 41.6 Å². The Morgan fingerprint density at radius 1 is 1.23 bits per heavy atom. The van der Waals surface area contributed by atoms with Gasteiger partial charge < -0.3 is 14.9 Å². The Labute approximate surface area is 183 Å². The molecule has 0 aliphatic rings. The van der Waals surface area contributed by atoms with E-state index >= 15 is 0 Å². The monoisotopic (exact) mass is 465 g/mol. The van der Waals surface area contributed by atoms with Crippen LogP contribution in [0.5, 0.6) is 0 Å². The number of aromatic nitrogens is 4. The maximum atomic E-state index is 12.9. The zero-order valence-corrected chi connectivity index (χ0v) is 17.6. The molecule has 6 nitrogen and oxygen atoms in total. The molecule has 0 radical (unpaired) electrons. The lowest BCUT2D eigenvalue weighted by molar-refractivity contribution is -0.137. The smallest absolute Gasteiger partial charge is 0.360 e. The Morgan fingerprint density at radius 2 is 2.00 bits per heavy atom. The fourth-order valence-corrected chi connectivity index (χ4v) is 3.92. The van der Waals surface area contributed by atoms with E-state index in [2.05, 4.69) is 20.5 Å². The Morgan fingerprint density at radius 3 is 2.77 bits per heavy atom. The van der Waals surface area contributed by atoms with Crippen LogP contribution in [-0.4, -0.2) is 31.4 Å². The van der Waals surface area contributed by atoms with Crippen LogP contribution in [0, 0.1) is 0 Å². The molecule has 31 heavy (non-hydrogen) atoms. The summed E-state index contributed by atoms with van der Waals surface area (Å²) < 4.78 is 40.4. The van der Waals surface area contributed by atoms with E-state index in [4.69, 9.17) is 11.6 Å². The molecular weight excluding hydrogens is 451 g/mol. The van der Waals surface area contributed by atoms with Gasteiger partial charge in [-0.15, -0.1) is 10.2 Å². The topological polar surface area (TPSA) is 75.6 Å². The van der Waals surface area contributed by atoms with Gasteiger partial charge in [0, 0.05) is 29.7 Å². The van der Waals surface area contributed by atoms with E-state index in [1.165, 1.54) is 0 Å². The van der Waals surface area contributed by atoms with Gasteiger partial charge in [-0.05, 0) is 24.3 Å². The van der Waals surface area contributed by atoms with Gasteiger partial charge in [0.15, 0.2) is 11.0 Å². The highest BCUT2D eigenvalue weighted by atomic mass is 35.5. The van der Waals surface area contributed by atoms with Crippen molar-refractivity contribution in [3.05, 3.63) is 59.2 Å². The number of para-hydroxylation sites is 1. The van der Waals surface area contributed by atoms with Gasteiger partial charge in [0.25, 0.3) is 0 Å². The van der Waals surface area contributed by atoms with Crippen LogP contribution in [0.25, 0.3) is 22.3 Å². The molecule has 4 aromatic rings. The second kappa shape index (κ2) is 8.27. The summed E-state index contributed by atoms with van der Waals surface area (Å²) in [5.74, 6) is 0.0380. The molecular formula is C20H15ClF3N5OS. The van der Waals surface area contributed by atoms with Crippen molar-refractivity contribution >= 4 is 45.9 Å². The van der Waals surface area contributed by atoms with Gasteiger partial charge >= 0.3 is 6.18 Å². The first-order valence-electron chi connectivity index (χ1n) is 8.99. The molecule has 0 atom stereocenters. The number of rotatable bonds is 5. The highest BCUT2D eigenvalue weighted by Crippen LogP contribution is 2.34. The Kier molecular flexibility index (Phi) is 5.67. The predicted molar refractivity (Wildman–Crippen MR) is 114 cm³/mol. The molecule has 11 heteroatoms. The van der Waals surface area contributed by atoms with E-state index in [1.807, 2.05) is 30.5 Å². The molecule has 2 heterocycles. The van der Waals surface area contributed by atoms with Crippen molar-refractivity contribution in [1.82, 2.24) is 19.7 Å². The van der Waals surface area contributed by atoms with Crippen molar-refractivity contribution < 1.29 is 18.0 Å². The molecule has 0 bridgehead atoms. The number of carbonyl (C=O) groups excluding carboxylic acids is 1. The summed E-state index contributed by atoms with van der Waals surface area (Å²) in [6.07, 6.45) is -2.69. The van der Waals surface area contributed by atoms with Crippen LogP contribution in [0.2, 0.25) is 5.02 Å². The van der Waals surface area contributed by atoms with Crippen LogP contribution in [0.1, 0.15) is 5.56 Å². The van der Waals surface area contributed by atoms with E-state index in [0.29, 0.717) is 11.0 Å². The van der Waals surface area contributed by atoms with Crippen LogP contribution >= 0.6 is 23.4 Å². The fraction of sp³-hybridized carbons (Fsp3) is 0.150. The third kappa shape index (κ3) is 4.40.